The zero-order valence-corrected chi connectivity index (χ0v) is 12.4. The summed E-state index contributed by atoms with van der Waals surface area (Å²) in [5.41, 5.74) is 0.894. The Morgan fingerprint density at radius 2 is 1.94 bits per heavy atom. The van der Waals surface area contributed by atoms with Crippen LogP contribution in [0.3, 0.4) is 0 Å². The van der Waals surface area contributed by atoms with Crippen molar-refractivity contribution in [2.24, 2.45) is 0 Å². The number of hydrogen-bond donors (Lipinski definition) is 1. The molecule has 0 saturated heterocycles. The van der Waals surface area contributed by atoms with Gasteiger partial charge in [0.1, 0.15) is 0 Å². The molecule has 0 radical (unpaired) electrons. The lowest BCUT2D eigenvalue weighted by atomic mass is 10.2. The van der Waals surface area contributed by atoms with Crippen LogP contribution >= 0.6 is 27.3 Å². The Kier molecular flexibility index (Phi) is 4.52. The molecule has 7 heteroatoms. The van der Waals surface area contributed by atoms with Crippen LogP contribution in [0.15, 0.2) is 50.5 Å². The minimum absolute atomic E-state index is 0.184. The largest absolute Gasteiger partial charge is 0.282 e. The highest BCUT2D eigenvalue weighted by Crippen LogP contribution is 2.27. The predicted octanol–water partition coefficient (Wildman–Crippen LogP) is 2.92. The number of benzene rings is 1. The van der Waals surface area contributed by atoms with E-state index in [1.807, 2.05) is 30.3 Å². The van der Waals surface area contributed by atoms with E-state index in [-0.39, 0.29) is 10.8 Å². The fourth-order valence-corrected chi connectivity index (χ4v) is 4.40. The van der Waals surface area contributed by atoms with Gasteiger partial charge < -0.3 is 0 Å². The molecule has 1 N–H and O–H groups in total. The average molecular weight is 348 g/mol. The van der Waals surface area contributed by atoms with Crippen molar-refractivity contribution in [3.63, 3.8) is 0 Å². The van der Waals surface area contributed by atoms with Gasteiger partial charge in [0.15, 0.2) is 4.21 Å². The molecule has 96 valence electrons. The molecule has 0 amide bonds. The van der Waals surface area contributed by atoms with Gasteiger partial charge >= 0.3 is 0 Å². The summed E-state index contributed by atoms with van der Waals surface area (Å²) in [5, 5.41) is 1.69. The summed E-state index contributed by atoms with van der Waals surface area (Å²) in [4.78, 5) is 7.11. The van der Waals surface area contributed by atoms with Gasteiger partial charge in [0.05, 0.1) is 6.61 Å². The number of thiophene rings is 1. The third kappa shape index (κ3) is 3.39. The topological polar surface area (TPSA) is 55.4 Å². The van der Waals surface area contributed by atoms with Crippen molar-refractivity contribution in [3.8, 4) is 0 Å². The molecule has 0 spiro atoms. The standard InChI is InChI=1S/C11H10BrNO3S2/c12-10-6-7-17-11(10)18(14,15)13-16-8-9-4-2-1-3-5-9/h1-7,13H,8H2. The Bertz CT molecular complexity index is 610. The van der Waals surface area contributed by atoms with Crippen LogP contribution < -0.4 is 4.89 Å². The van der Waals surface area contributed by atoms with E-state index in [0.29, 0.717) is 4.47 Å². The van der Waals surface area contributed by atoms with Crippen molar-refractivity contribution in [2.75, 3.05) is 0 Å². The summed E-state index contributed by atoms with van der Waals surface area (Å²) in [5.74, 6) is 0. The van der Waals surface area contributed by atoms with Gasteiger partial charge in [-0.15, -0.1) is 11.3 Å². The molecule has 0 aliphatic heterocycles. The van der Waals surface area contributed by atoms with E-state index in [2.05, 4.69) is 20.8 Å². The molecule has 1 aromatic heterocycles. The zero-order chi connectivity index (χ0) is 13.0. The van der Waals surface area contributed by atoms with Crippen LogP contribution in [0, 0.1) is 0 Å². The fourth-order valence-electron chi connectivity index (χ4n) is 1.27. The van der Waals surface area contributed by atoms with Gasteiger partial charge in [0.2, 0.25) is 0 Å². The van der Waals surface area contributed by atoms with Gasteiger partial charge in [0.25, 0.3) is 10.0 Å². The van der Waals surface area contributed by atoms with Gasteiger partial charge in [0, 0.05) is 4.47 Å². The van der Waals surface area contributed by atoms with Crippen molar-refractivity contribution in [3.05, 3.63) is 51.8 Å². The van der Waals surface area contributed by atoms with Gasteiger partial charge in [-0.25, -0.2) is 8.42 Å². The SMILES string of the molecule is O=S(=O)(NOCc1ccccc1)c1sccc1Br. The third-order valence-electron chi connectivity index (χ3n) is 2.08. The monoisotopic (exact) mass is 347 g/mol. The molecule has 2 rings (SSSR count). The van der Waals surface area contributed by atoms with E-state index in [9.17, 15) is 8.42 Å². The zero-order valence-electron chi connectivity index (χ0n) is 9.17. The molecule has 0 unspecified atom stereocenters. The molecule has 4 nitrogen and oxygen atoms in total. The van der Waals surface area contributed by atoms with Crippen molar-refractivity contribution in [2.45, 2.75) is 10.8 Å². The maximum atomic E-state index is 11.8. The van der Waals surface area contributed by atoms with Crippen LogP contribution in [0.25, 0.3) is 0 Å². The smallest absolute Gasteiger partial charge is 0.273 e. The lowest BCUT2D eigenvalue weighted by Gasteiger charge is -2.06. The van der Waals surface area contributed by atoms with E-state index in [0.717, 1.165) is 16.9 Å². The van der Waals surface area contributed by atoms with E-state index < -0.39 is 10.0 Å². The molecule has 18 heavy (non-hydrogen) atoms. The van der Waals surface area contributed by atoms with Gasteiger partial charge in [-0.05, 0) is 32.9 Å². The minimum atomic E-state index is -3.62. The van der Waals surface area contributed by atoms with E-state index >= 15 is 0 Å². The Labute approximate surface area is 118 Å². The number of sulfonamides is 1. The van der Waals surface area contributed by atoms with Gasteiger partial charge in [-0.1, -0.05) is 35.2 Å². The van der Waals surface area contributed by atoms with Crippen molar-refractivity contribution in [1.82, 2.24) is 4.89 Å². The second kappa shape index (κ2) is 5.94. The normalized spacial score (nSPS) is 11.6. The van der Waals surface area contributed by atoms with Crippen LogP contribution in [0.1, 0.15) is 5.56 Å². The Hall–Kier alpha value is -0.730. The summed E-state index contributed by atoms with van der Waals surface area (Å²) in [6.07, 6.45) is 0. The van der Waals surface area contributed by atoms with E-state index in [1.165, 1.54) is 0 Å². The molecule has 1 heterocycles. The lowest BCUT2D eigenvalue weighted by molar-refractivity contribution is 0.0796. The second-order valence-electron chi connectivity index (χ2n) is 3.42. The summed E-state index contributed by atoms with van der Waals surface area (Å²) in [6, 6.07) is 11.0. The fraction of sp³-hybridized carbons (Fsp3) is 0.0909. The number of hydrogen-bond acceptors (Lipinski definition) is 4. The first-order chi connectivity index (χ1) is 8.59. The maximum Gasteiger partial charge on any atom is 0.273 e. The number of rotatable bonds is 5. The quantitative estimate of drug-likeness (QED) is 0.846. The van der Waals surface area contributed by atoms with Crippen molar-refractivity contribution < 1.29 is 13.3 Å². The third-order valence-corrected chi connectivity index (χ3v) is 5.96. The van der Waals surface area contributed by atoms with Crippen LogP contribution in [-0.2, 0) is 21.5 Å². The molecule has 0 saturated carbocycles. The summed E-state index contributed by atoms with van der Waals surface area (Å²) in [7, 11) is -3.62. The Balaban J connectivity index is 1.97. The molecule has 1 aromatic carbocycles. The van der Waals surface area contributed by atoms with Crippen LogP contribution in [0.2, 0.25) is 0 Å². The number of nitrogens with one attached hydrogen (secondary N) is 1. The highest BCUT2D eigenvalue weighted by atomic mass is 79.9. The highest BCUT2D eigenvalue weighted by Gasteiger charge is 2.19. The first-order valence-corrected chi connectivity index (χ1v) is 8.16. The molecular weight excluding hydrogens is 338 g/mol. The Morgan fingerprint density at radius 1 is 1.22 bits per heavy atom. The van der Waals surface area contributed by atoms with Gasteiger partial charge in [-0.2, -0.15) is 0 Å². The predicted molar refractivity (Wildman–Crippen MR) is 73.6 cm³/mol. The first kappa shape index (κ1) is 13.7. The van der Waals surface area contributed by atoms with Crippen molar-refractivity contribution in [1.29, 1.82) is 0 Å². The van der Waals surface area contributed by atoms with Crippen LogP contribution in [0.5, 0.6) is 0 Å². The van der Waals surface area contributed by atoms with Crippen LogP contribution in [-0.4, -0.2) is 8.42 Å². The second-order valence-corrected chi connectivity index (χ2v) is 7.03. The van der Waals surface area contributed by atoms with Crippen LogP contribution in [0.4, 0.5) is 0 Å². The highest BCUT2D eigenvalue weighted by molar-refractivity contribution is 9.10. The number of halogens is 1. The van der Waals surface area contributed by atoms with E-state index in [4.69, 9.17) is 4.84 Å². The molecular formula is C11H10BrNO3S2. The molecule has 2 aromatic rings. The van der Waals surface area contributed by atoms with Crippen molar-refractivity contribution >= 4 is 37.3 Å². The Morgan fingerprint density at radius 3 is 2.56 bits per heavy atom. The minimum Gasteiger partial charge on any atom is -0.282 e. The summed E-state index contributed by atoms with van der Waals surface area (Å²) in [6.45, 7) is 0.184. The summed E-state index contributed by atoms with van der Waals surface area (Å²) < 4.78 is 24.4. The maximum absolute atomic E-state index is 11.8. The first-order valence-electron chi connectivity index (χ1n) is 5.00. The average Bonchev–Trinajstić information content (AvgIpc) is 2.77. The molecule has 0 fully saturated rings. The molecule has 0 atom stereocenters. The molecule has 0 aliphatic carbocycles. The van der Waals surface area contributed by atoms with E-state index in [1.54, 1.807) is 11.4 Å². The molecule has 0 aliphatic rings. The lowest BCUT2D eigenvalue weighted by Crippen LogP contribution is -2.23. The molecule has 0 bridgehead atoms. The summed E-state index contributed by atoms with van der Waals surface area (Å²) >= 11 is 4.30. The van der Waals surface area contributed by atoms with Gasteiger partial charge in [-0.3, -0.25) is 4.84 Å².